The molecule has 43 heavy (non-hydrogen) atoms. The molecule has 0 spiro atoms. The number of thiophene rings is 1. The van der Waals surface area contributed by atoms with Crippen LogP contribution in [0.5, 0.6) is 0 Å². The highest BCUT2D eigenvalue weighted by Crippen LogP contribution is 2.35. The number of rotatable bonds is 8. The Kier molecular flexibility index (Phi) is 7.55. The molecule has 0 saturated heterocycles. The van der Waals surface area contributed by atoms with Crippen LogP contribution in [-0.4, -0.2) is 68.8 Å². The lowest BCUT2D eigenvalue weighted by Gasteiger charge is -2.30. The molecule has 4 aromatic rings. The largest absolute Gasteiger partial charge is 0.444 e. The van der Waals surface area contributed by atoms with E-state index in [9.17, 15) is 13.2 Å². The zero-order valence-electron chi connectivity index (χ0n) is 24.9. The molecule has 2 aliphatic rings. The third-order valence-electron chi connectivity index (χ3n) is 7.24. The molecule has 12 nitrogen and oxygen atoms in total. The minimum Gasteiger partial charge on any atom is -0.444 e. The molecule has 5 heterocycles. The van der Waals surface area contributed by atoms with Gasteiger partial charge in [-0.05, 0) is 70.1 Å². The molecule has 0 unspecified atom stereocenters. The standard InChI is InChI=1S/C29H36N8O4S2/c1-18-11-24(42-27(18)43(39,40)32-12-19-8-9-19)34-25-26-30-14-23(21-13-31-35(5)15-21)37(26)17-22(33-25)20-7-6-10-36(16-20)28(38)41-29(2,3)4/h7,11,13-15,17,19,32H,6,8-10,12,16H2,1-5H3,(H,33,34). The Bertz CT molecular complexity index is 1830. The molecule has 1 fully saturated rings. The Morgan fingerprint density at radius 1 is 1.21 bits per heavy atom. The first-order valence-corrected chi connectivity index (χ1v) is 16.6. The summed E-state index contributed by atoms with van der Waals surface area (Å²) >= 11 is 1.16. The second-order valence-electron chi connectivity index (χ2n) is 12.1. The lowest BCUT2D eigenvalue weighted by atomic mass is 10.1. The smallest absolute Gasteiger partial charge is 0.410 e. The van der Waals surface area contributed by atoms with Crippen molar-refractivity contribution in [2.45, 2.75) is 56.8 Å². The molecule has 228 valence electrons. The molecule has 14 heteroatoms. The fourth-order valence-corrected chi connectivity index (χ4v) is 7.69. The number of sulfonamides is 1. The fraction of sp³-hybridized carbons (Fsp3) is 0.448. The van der Waals surface area contributed by atoms with Crippen LogP contribution in [-0.2, 0) is 21.8 Å². The Hall–Kier alpha value is -3.75. The number of hydrogen-bond acceptors (Lipinski definition) is 9. The van der Waals surface area contributed by atoms with Crippen molar-refractivity contribution >= 4 is 49.5 Å². The van der Waals surface area contributed by atoms with Gasteiger partial charge in [0.25, 0.3) is 0 Å². The van der Waals surface area contributed by atoms with Crippen molar-refractivity contribution in [3.63, 3.8) is 0 Å². The molecule has 4 aromatic heterocycles. The molecule has 2 N–H and O–H groups in total. The fourth-order valence-electron chi connectivity index (χ4n) is 4.93. The van der Waals surface area contributed by atoms with E-state index in [0.717, 1.165) is 41.0 Å². The van der Waals surface area contributed by atoms with Crippen molar-refractivity contribution < 1.29 is 17.9 Å². The van der Waals surface area contributed by atoms with Gasteiger partial charge >= 0.3 is 6.09 Å². The second kappa shape index (κ2) is 11.1. The van der Waals surface area contributed by atoms with E-state index in [1.165, 1.54) is 0 Å². The van der Waals surface area contributed by atoms with Crippen molar-refractivity contribution in [2.75, 3.05) is 25.0 Å². The van der Waals surface area contributed by atoms with E-state index in [-0.39, 0.29) is 10.3 Å². The summed E-state index contributed by atoms with van der Waals surface area (Å²) in [6.07, 6.45) is 11.9. The minimum atomic E-state index is -3.62. The summed E-state index contributed by atoms with van der Waals surface area (Å²) in [5.41, 5.74) is 3.89. The van der Waals surface area contributed by atoms with Crippen LogP contribution in [0, 0.1) is 12.8 Å². The molecule has 0 radical (unpaired) electrons. The first kappa shape index (κ1) is 29.3. The van der Waals surface area contributed by atoms with E-state index in [2.05, 4.69) is 26.2 Å². The van der Waals surface area contributed by atoms with Crippen LogP contribution in [0.3, 0.4) is 0 Å². The van der Waals surface area contributed by atoms with Gasteiger partial charge in [0.05, 0.1) is 35.3 Å². The Balaban J connectivity index is 1.36. The van der Waals surface area contributed by atoms with Crippen LogP contribution in [0.15, 0.2) is 41.1 Å². The van der Waals surface area contributed by atoms with Crippen LogP contribution in [0.2, 0.25) is 0 Å². The summed E-state index contributed by atoms with van der Waals surface area (Å²) in [5.74, 6) is 0.904. The zero-order chi connectivity index (χ0) is 30.5. The average Bonchev–Trinajstić information content (AvgIpc) is 3.31. The summed E-state index contributed by atoms with van der Waals surface area (Å²) in [6, 6.07) is 1.82. The van der Waals surface area contributed by atoms with Crippen LogP contribution in [0.25, 0.3) is 22.5 Å². The first-order chi connectivity index (χ1) is 20.4. The number of carbonyl (C=O) groups excluding carboxylic acids is 1. The zero-order valence-corrected chi connectivity index (χ0v) is 26.5. The van der Waals surface area contributed by atoms with Crippen molar-refractivity contribution in [1.29, 1.82) is 0 Å². The van der Waals surface area contributed by atoms with Crippen LogP contribution in [0.1, 0.15) is 51.3 Å². The van der Waals surface area contributed by atoms with E-state index in [4.69, 9.17) is 9.72 Å². The number of ether oxygens (including phenoxy) is 1. The quantitative estimate of drug-likeness (QED) is 0.281. The lowest BCUT2D eigenvalue weighted by Crippen LogP contribution is -2.39. The van der Waals surface area contributed by atoms with E-state index in [0.29, 0.717) is 59.7 Å². The first-order valence-electron chi connectivity index (χ1n) is 14.3. The van der Waals surface area contributed by atoms with Gasteiger partial charge in [0.1, 0.15) is 9.81 Å². The monoisotopic (exact) mass is 624 g/mol. The van der Waals surface area contributed by atoms with E-state index in [1.54, 1.807) is 28.9 Å². The summed E-state index contributed by atoms with van der Waals surface area (Å²) in [7, 11) is -1.77. The van der Waals surface area contributed by atoms with Gasteiger partial charge in [0.15, 0.2) is 11.5 Å². The maximum Gasteiger partial charge on any atom is 0.410 e. The maximum absolute atomic E-state index is 13.0. The number of imidazole rings is 1. The minimum absolute atomic E-state index is 0.283. The number of aromatic nitrogens is 5. The van der Waals surface area contributed by atoms with Crippen LogP contribution < -0.4 is 10.0 Å². The van der Waals surface area contributed by atoms with Crippen LogP contribution >= 0.6 is 11.3 Å². The van der Waals surface area contributed by atoms with Crippen molar-refractivity contribution in [3.8, 4) is 11.3 Å². The molecule has 1 aliphatic carbocycles. The molecule has 1 amide bonds. The predicted molar refractivity (Wildman–Crippen MR) is 166 cm³/mol. The van der Waals surface area contributed by atoms with E-state index in [1.807, 2.05) is 50.7 Å². The summed E-state index contributed by atoms with van der Waals surface area (Å²) in [6.45, 7) is 8.71. The normalized spacial score (nSPS) is 16.0. The average molecular weight is 625 g/mol. The molecule has 0 atom stereocenters. The predicted octanol–water partition coefficient (Wildman–Crippen LogP) is 4.96. The van der Waals surface area contributed by atoms with Gasteiger partial charge in [-0.1, -0.05) is 6.08 Å². The summed E-state index contributed by atoms with van der Waals surface area (Å²) < 4.78 is 38.4. The molecule has 1 saturated carbocycles. The van der Waals surface area contributed by atoms with Gasteiger partial charge in [-0.15, -0.1) is 11.3 Å². The molecule has 1 aliphatic heterocycles. The Morgan fingerprint density at radius 3 is 2.70 bits per heavy atom. The maximum atomic E-state index is 13.0. The second-order valence-corrected chi connectivity index (χ2v) is 15.2. The van der Waals surface area contributed by atoms with Gasteiger partial charge in [-0.25, -0.2) is 27.9 Å². The van der Waals surface area contributed by atoms with Crippen molar-refractivity contribution in [2.24, 2.45) is 13.0 Å². The number of fused-ring (bicyclic) bond motifs is 1. The number of nitrogens with one attached hydrogen (secondary N) is 2. The topological polar surface area (TPSA) is 136 Å². The third kappa shape index (κ3) is 6.45. The van der Waals surface area contributed by atoms with Crippen molar-refractivity contribution in [3.05, 3.63) is 48.2 Å². The number of hydrogen-bond donors (Lipinski definition) is 2. The SMILES string of the molecule is Cc1cc(Nc2nc(C3=CCCN(C(=O)OC(C)(C)C)C3)cn3c(-c4cnn(C)c4)cnc23)sc1S(=O)(=O)NCC1CC1. The lowest BCUT2D eigenvalue weighted by molar-refractivity contribution is 0.0273. The Morgan fingerprint density at radius 2 is 2.00 bits per heavy atom. The molecular weight excluding hydrogens is 589 g/mol. The van der Waals surface area contributed by atoms with Gasteiger partial charge < -0.3 is 15.0 Å². The van der Waals surface area contributed by atoms with Gasteiger partial charge in [0, 0.05) is 38.1 Å². The molecule has 6 rings (SSSR count). The highest BCUT2D eigenvalue weighted by atomic mass is 32.2. The molecular formula is C29H36N8O4S2. The number of amides is 1. The third-order valence-corrected chi connectivity index (χ3v) is 10.5. The highest BCUT2D eigenvalue weighted by Gasteiger charge is 2.28. The molecule has 0 aromatic carbocycles. The van der Waals surface area contributed by atoms with Gasteiger partial charge in [0.2, 0.25) is 10.0 Å². The highest BCUT2D eigenvalue weighted by molar-refractivity contribution is 7.91. The number of aryl methyl sites for hydroxylation is 2. The summed E-state index contributed by atoms with van der Waals surface area (Å²) in [5, 5.41) is 8.30. The van der Waals surface area contributed by atoms with Crippen molar-refractivity contribution in [1.82, 2.24) is 33.8 Å². The number of anilines is 2. The Labute approximate surface area is 254 Å². The van der Waals surface area contributed by atoms with E-state index < -0.39 is 15.6 Å². The van der Waals surface area contributed by atoms with E-state index >= 15 is 0 Å². The van der Waals surface area contributed by atoms with Gasteiger partial charge in [-0.2, -0.15) is 5.10 Å². The summed E-state index contributed by atoms with van der Waals surface area (Å²) in [4.78, 5) is 24.2. The number of nitrogens with zero attached hydrogens (tertiary/aromatic N) is 6. The van der Waals surface area contributed by atoms with Crippen LogP contribution in [0.4, 0.5) is 15.6 Å². The number of carbonyl (C=O) groups is 1. The molecule has 0 bridgehead atoms. The van der Waals surface area contributed by atoms with Gasteiger partial charge in [-0.3, -0.25) is 9.08 Å².